The zero-order valence-corrected chi connectivity index (χ0v) is 15.1. The minimum Gasteiger partial charge on any atom is -0.334 e. The molecule has 0 amide bonds. The number of hydrogen-bond donors (Lipinski definition) is 1. The van der Waals surface area contributed by atoms with Gasteiger partial charge in [0.2, 0.25) is 0 Å². The first-order valence-corrected chi connectivity index (χ1v) is 8.96. The zero-order chi connectivity index (χ0) is 17.2. The van der Waals surface area contributed by atoms with E-state index in [1.807, 2.05) is 36.7 Å². The quantitative estimate of drug-likeness (QED) is 0.695. The van der Waals surface area contributed by atoms with Gasteiger partial charge in [-0.3, -0.25) is 9.88 Å². The number of benzene rings is 1. The van der Waals surface area contributed by atoms with Gasteiger partial charge in [0.25, 0.3) is 0 Å². The summed E-state index contributed by atoms with van der Waals surface area (Å²) in [6, 6.07) is 12.0. The van der Waals surface area contributed by atoms with Gasteiger partial charge in [0.05, 0.1) is 5.69 Å². The molecule has 0 spiro atoms. The van der Waals surface area contributed by atoms with Gasteiger partial charge in [-0.2, -0.15) is 0 Å². The molecule has 2 aromatic heterocycles. The van der Waals surface area contributed by atoms with Gasteiger partial charge in [-0.25, -0.2) is 4.98 Å². The Hall–Kier alpha value is -2.08. The molecule has 3 aromatic rings. The predicted octanol–water partition coefficient (Wildman–Crippen LogP) is 4.41. The first-order valence-electron chi connectivity index (χ1n) is 8.18. The molecular weight excluding hydrogens is 352 g/mol. The molecule has 0 saturated carbocycles. The summed E-state index contributed by atoms with van der Waals surface area (Å²) in [5.41, 5.74) is 5.61. The molecule has 0 fully saturated rings. The average molecular weight is 369 g/mol. The van der Waals surface area contributed by atoms with E-state index in [4.69, 9.17) is 23.8 Å². The normalized spacial score (nSPS) is 14.3. The number of halogens is 1. The standard InChI is InChI=1S/C19H17ClN4S/c20-16-3-1-2-14(8-16)17-5-4-13(9-21-17)11-24-7-6-18-15(12-24)10-22-19(25)23-18/h1-5,8-10H,6-7,11-12H2,(H,22,23,25). The summed E-state index contributed by atoms with van der Waals surface area (Å²) in [6.45, 7) is 2.75. The van der Waals surface area contributed by atoms with Crippen molar-refractivity contribution < 1.29 is 0 Å². The SMILES string of the molecule is S=c1ncc2c([nH]1)CCN(Cc1ccc(-c3cccc(Cl)c3)nc1)C2. The molecule has 1 N–H and O–H groups in total. The molecule has 126 valence electrons. The summed E-state index contributed by atoms with van der Waals surface area (Å²) in [6.07, 6.45) is 4.80. The van der Waals surface area contributed by atoms with Crippen LogP contribution in [0.4, 0.5) is 0 Å². The van der Waals surface area contributed by atoms with Gasteiger partial charge in [0, 0.05) is 60.3 Å². The lowest BCUT2D eigenvalue weighted by atomic mass is 10.1. The maximum Gasteiger partial charge on any atom is 0.196 e. The Kier molecular flexibility index (Phi) is 4.61. The Morgan fingerprint density at radius 1 is 1.16 bits per heavy atom. The van der Waals surface area contributed by atoms with Crippen molar-refractivity contribution in [3.05, 3.63) is 75.4 Å². The molecule has 4 rings (SSSR count). The molecule has 0 unspecified atom stereocenters. The van der Waals surface area contributed by atoms with Crippen molar-refractivity contribution in [2.75, 3.05) is 6.54 Å². The second-order valence-electron chi connectivity index (χ2n) is 6.21. The number of rotatable bonds is 3. The Labute approximate surface area is 156 Å². The number of aromatic amines is 1. The van der Waals surface area contributed by atoms with Crippen molar-refractivity contribution in [1.82, 2.24) is 19.9 Å². The van der Waals surface area contributed by atoms with Gasteiger partial charge in [0.15, 0.2) is 4.77 Å². The molecule has 4 nitrogen and oxygen atoms in total. The van der Waals surface area contributed by atoms with Crippen LogP contribution in [0.25, 0.3) is 11.3 Å². The monoisotopic (exact) mass is 368 g/mol. The second-order valence-corrected chi connectivity index (χ2v) is 7.04. The van der Waals surface area contributed by atoms with E-state index < -0.39 is 0 Å². The van der Waals surface area contributed by atoms with E-state index in [0.29, 0.717) is 4.77 Å². The number of pyridine rings is 1. The van der Waals surface area contributed by atoms with E-state index in [1.54, 1.807) is 0 Å². The lowest BCUT2D eigenvalue weighted by molar-refractivity contribution is 0.242. The molecule has 1 aliphatic heterocycles. The smallest absolute Gasteiger partial charge is 0.196 e. The highest BCUT2D eigenvalue weighted by molar-refractivity contribution is 7.71. The van der Waals surface area contributed by atoms with Crippen LogP contribution in [0.15, 0.2) is 48.8 Å². The Morgan fingerprint density at radius 2 is 2.08 bits per heavy atom. The zero-order valence-electron chi connectivity index (χ0n) is 13.6. The summed E-state index contributed by atoms with van der Waals surface area (Å²) in [7, 11) is 0. The number of H-pyrrole nitrogens is 1. The van der Waals surface area contributed by atoms with Crippen LogP contribution in [0.1, 0.15) is 16.8 Å². The molecule has 6 heteroatoms. The molecule has 0 radical (unpaired) electrons. The molecule has 1 aliphatic rings. The van der Waals surface area contributed by atoms with E-state index in [9.17, 15) is 0 Å². The summed E-state index contributed by atoms with van der Waals surface area (Å²) >= 11 is 11.2. The van der Waals surface area contributed by atoms with Crippen molar-refractivity contribution in [1.29, 1.82) is 0 Å². The minimum absolute atomic E-state index is 0.563. The van der Waals surface area contributed by atoms with Gasteiger partial charge in [-0.15, -0.1) is 0 Å². The van der Waals surface area contributed by atoms with Crippen molar-refractivity contribution in [2.45, 2.75) is 19.5 Å². The van der Waals surface area contributed by atoms with E-state index in [-0.39, 0.29) is 0 Å². The van der Waals surface area contributed by atoms with Crippen LogP contribution in [-0.2, 0) is 19.5 Å². The molecular formula is C19H17ClN4S. The van der Waals surface area contributed by atoms with Crippen molar-refractivity contribution in [3.8, 4) is 11.3 Å². The van der Waals surface area contributed by atoms with Crippen LogP contribution in [0.3, 0.4) is 0 Å². The molecule has 25 heavy (non-hydrogen) atoms. The van der Waals surface area contributed by atoms with E-state index in [0.717, 1.165) is 42.3 Å². The Balaban J connectivity index is 1.47. The first-order chi connectivity index (χ1) is 12.2. The van der Waals surface area contributed by atoms with Gasteiger partial charge < -0.3 is 4.98 Å². The van der Waals surface area contributed by atoms with Gasteiger partial charge in [-0.05, 0) is 36.0 Å². The summed E-state index contributed by atoms with van der Waals surface area (Å²) < 4.78 is 0.563. The average Bonchev–Trinajstić information content (AvgIpc) is 2.62. The highest BCUT2D eigenvalue weighted by atomic mass is 35.5. The van der Waals surface area contributed by atoms with Crippen LogP contribution in [0, 0.1) is 4.77 Å². The number of nitrogens with one attached hydrogen (secondary N) is 1. The number of fused-ring (bicyclic) bond motifs is 1. The third kappa shape index (κ3) is 3.79. The maximum absolute atomic E-state index is 6.06. The molecule has 0 bridgehead atoms. The lowest BCUT2D eigenvalue weighted by Gasteiger charge is -2.28. The molecule has 0 atom stereocenters. The topological polar surface area (TPSA) is 44.8 Å². The lowest BCUT2D eigenvalue weighted by Crippen LogP contribution is -2.30. The fourth-order valence-corrected chi connectivity index (χ4v) is 3.50. The van der Waals surface area contributed by atoms with Gasteiger partial charge in [0.1, 0.15) is 0 Å². The number of hydrogen-bond acceptors (Lipinski definition) is 4. The summed E-state index contributed by atoms with van der Waals surface area (Å²) in [4.78, 5) is 14.4. The molecule has 0 aliphatic carbocycles. The van der Waals surface area contributed by atoms with Gasteiger partial charge in [-0.1, -0.05) is 29.8 Å². The van der Waals surface area contributed by atoms with E-state index >= 15 is 0 Å². The highest BCUT2D eigenvalue weighted by Crippen LogP contribution is 2.22. The third-order valence-electron chi connectivity index (χ3n) is 4.41. The van der Waals surface area contributed by atoms with Crippen LogP contribution >= 0.6 is 23.8 Å². The minimum atomic E-state index is 0.563. The number of nitrogens with zero attached hydrogens (tertiary/aromatic N) is 3. The highest BCUT2D eigenvalue weighted by Gasteiger charge is 2.17. The predicted molar refractivity (Wildman–Crippen MR) is 102 cm³/mol. The second kappa shape index (κ2) is 7.04. The van der Waals surface area contributed by atoms with E-state index in [2.05, 4.69) is 32.0 Å². The molecule has 0 saturated heterocycles. The third-order valence-corrected chi connectivity index (χ3v) is 4.85. The fraction of sp³-hybridized carbons (Fsp3) is 0.211. The molecule has 3 heterocycles. The van der Waals surface area contributed by atoms with Crippen LogP contribution in [-0.4, -0.2) is 26.4 Å². The number of aromatic nitrogens is 3. The maximum atomic E-state index is 6.06. The Bertz CT molecular complexity index is 952. The van der Waals surface area contributed by atoms with Crippen molar-refractivity contribution in [2.24, 2.45) is 0 Å². The first kappa shape index (κ1) is 16.4. The Morgan fingerprint density at radius 3 is 2.88 bits per heavy atom. The van der Waals surface area contributed by atoms with Crippen molar-refractivity contribution >= 4 is 23.8 Å². The fourth-order valence-electron chi connectivity index (χ4n) is 3.14. The van der Waals surface area contributed by atoms with Crippen LogP contribution < -0.4 is 0 Å². The van der Waals surface area contributed by atoms with Crippen LogP contribution in [0.5, 0.6) is 0 Å². The van der Waals surface area contributed by atoms with Crippen molar-refractivity contribution in [3.63, 3.8) is 0 Å². The largest absolute Gasteiger partial charge is 0.334 e. The molecule has 1 aromatic carbocycles. The van der Waals surface area contributed by atoms with Crippen LogP contribution in [0.2, 0.25) is 5.02 Å². The van der Waals surface area contributed by atoms with Gasteiger partial charge >= 0.3 is 0 Å². The summed E-state index contributed by atoms with van der Waals surface area (Å²) in [5, 5.41) is 0.725. The summed E-state index contributed by atoms with van der Waals surface area (Å²) in [5.74, 6) is 0. The van der Waals surface area contributed by atoms with E-state index in [1.165, 1.54) is 16.8 Å².